The van der Waals surface area contributed by atoms with E-state index in [-0.39, 0.29) is 11.9 Å². The minimum Gasteiger partial charge on any atom is -0.456 e. The summed E-state index contributed by atoms with van der Waals surface area (Å²) in [5.41, 5.74) is 5.30. The van der Waals surface area contributed by atoms with Crippen LogP contribution in [0.25, 0.3) is 0 Å². The Hall–Kier alpha value is -3.47. The summed E-state index contributed by atoms with van der Waals surface area (Å²) < 4.78 is 6.58. The Morgan fingerprint density at radius 1 is 0.853 bits per heavy atom. The molecule has 34 heavy (non-hydrogen) atoms. The van der Waals surface area contributed by atoms with Gasteiger partial charge in [0.25, 0.3) is 5.91 Å². The van der Waals surface area contributed by atoms with Crippen molar-refractivity contribution in [3.63, 3.8) is 0 Å². The molecule has 0 unspecified atom stereocenters. The van der Waals surface area contributed by atoms with Crippen LogP contribution in [0, 0.1) is 0 Å². The first-order valence-electron chi connectivity index (χ1n) is 12.6. The number of fused-ring (bicyclic) bond motifs is 6. The minimum atomic E-state index is -0.693. The molecule has 2 heterocycles. The molecule has 1 aliphatic carbocycles. The van der Waals surface area contributed by atoms with Crippen molar-refractivity contribution < 1.29 is 9.53 Å². The van der Waals surface area contributed by atoms with Crippen molar-refractivity contribution in [2.45, 2.75) is 51.1 Å². The Morgan fingerprint density at radius 3 is 2.03 bits per heavy atom. The number of hydrogen-bond donors (Lipinski definition) is 2. The summed E-state index contributed by atoms with van der Waals surface area (Å²) in [6, 6.07) is 21.1. The summed E-state index contributed by atoms with van der Waals surface area (Å²) in [5.74, 6) is 1.76. The largest absolute Gasteiger partial charge is 0.456 e. The van der Waals surface area contributed by atoms with Crippen molar-refractivity contribution in [3.8, 4) is 11.5 Å². The lowest BCUT2D eigenvalue weighted by Gasteiger charge is -2.47. The number of carbonyl (C=O) groups is 1. The number of benzene rings is 3. The van der Waals surface area contributed by atoms with Crippen molar-refractivity contribution in [1.29, 1.82) is 0 Å². The van der Waals surface area contributed by atoms with E-state index in [1.54, 1.807) is 0 Å². The van der Waals surface area contributed by atoms with Gasteiger partial charge in [-0.15, -0.1) is 0 Å². The topological polar surface area (TPSA) is 53.6 Å². The molecule has 174 valence electrons. The second-order valence-electron chi connectivity index (χ2n) is 9.45. The fraction of sp³-hybridized carbons (Fsp3) is 0.345. The van der Waals surface area contributed by atoms with E-state index in [1.807, 2.05) is 12.1 Å². The molecule has 3 aliphatic rings. The van der Waals surface area contributed by atoms with Crippen LogP contribution < -0.4 is 15.4 Å². The maximum absolute atomic E-state index is 14.1. The van der Waals surface area contributed by atoms with E-state index in [4.69, 9.17) is 4.74 Å². The van der Waals surface area contributed by atoms with E-state index < -0.39 is 5.54 Å². The molecule has 3 aromatic carbocycles. The van der Waals surface area contributed by atoms with Crippen molar-refractivity contribution in [3.05, 3.63) is 82.9 Å². The number of rotatable bonds is 5. The molecule has 6 rings (SSSR count). The number of nitrogens with one attached hydrogen (secondary N) is 2. The van der Waals surface area contributed by atoms with E-state index in [2.05, 4.69) is 77.9 Å². The second kappa shape index (κ2) is 8.08. The SMILES string of the molecule is CCNc1ccc2c(c1)Oc1cc(NCC)ccc1C21c2ccccc2C(=O)N1C1CCCC1. The van der Waals surface area contributed by atoms with Gasteiger partial charge in [0.2, 0.25) is 0 Å². The Balaban J connectivity index is 1.67. The molecule has 0 saturated heterocycles. The molecule has 3 aromatic rings. The minimum absolute atomic E-state index is 0.132. The van der Waals surface area contributed by atoms with Gasteiger partial charge in [-0.25, -0.2) is 0 Å². The number of hydrogen-bond acceptors (Lipinski definition) is 4. The third-order valence-corrected chi connectivity index (χ3v) is 7.54. The third-order valence-electron chi connectivity index (χ3n) is 7.54. The van der Waals surface area contributed by atoms with Gasteiger partial charge in [-0.05, 0) is 50.5 Å². The first kappa shape index (κ1) is 21.1. The first-order valence-corrected chi connectivity index (χ1v) is 12.6. The molecule has 0 radical (unpaired) electrons. The molecule has 0 aromatic heterocycles. The van der Waals surface area contributed by atoms with Gasteiger partial charge in [0.15, 0.2) is 0 Å². The predicted octanol–water partition coefficient (Wildman–Crippen LogP) is 6.35. The van der Waals surface area contributed by atoms with Gasteiger partial charge in [-0.2, -0.15) is 0 Å². The fourth-order valence-electron chi connectivity index (χ4n) is 6.25. The molecule has 2 N–H and O–H groups in total. The highest BCUT2D eigenvalue weighted by atomic mass is 16.5. The Bertz CT molecular complexity index is 1210. The lowest BCUT2D eigenvalue weighted by atomic mass is 9.74. The van der Waals surface area contributed by atoms with Crippen LogP contribution in [0.15, 0.2) is 60.7 Å². The highest BCUT2D eigenvalue weighted by Crippen LogP contribution is 2.59. The normalized spacial score (nSPS) is 17.8. The van der Waals surface area contributed by atoms with Crippen LogP contribution in [0.2, 0.25) is 0 Å². The molecule has 5 nitrogen and oxygen atoms in total. The number of carbonyl (C=O) groups excluding carboxylic acids is 1. The van der Waals surface area contributed by atoms with Crippen LogP contribution >= 0.6 is 0 Å². The Morgan fingerprint density at radius 2 is 1.44 bits per heavy atom. The monoisotopic (exact) mass is 453 g/mol. The van der Waals surface area contributed by atoms with Gasteiger partial charge in [-0.1, -0.05) is 43.2 Å². The standard InChI is InChI=1S/C29H31N3O2/c1-3-30-19-13-15-24-26(17-19)34-27-18-20(31-4-2)14-16-25(27)29(24)23-12-8-7-11-22(23)28(33)32(29)21-9-5-6-10-21/h7-8,11-18,21,30-31H,3-6,9-10H2,1-2H3. The van der Waals surface area contributed by atoms with Crippen molar-refractivity contribution in [2.75, 3.05) is 23.7 Å². The molecule has 0 atom stereocenters. The zero-order valence-corrected chi connectivity index (χ0v) is 19.9. The van der Waals surface area contributed by atoms with Gasteiger partial charge < -0.3 is 20.3 Å². The maximum atomic E-state index is 14.1. The van der Waals surface area contributed by atoms with Gasteiger partial charge >= 0.3 is 0 Å². The fourth-order valence-corrected chi connectivity index (χ4v) is 6.25. The van der Waals surface area contributed by atoms with Crippen molar-refractivity contribution in [1.82, 2.24) is 4.90 Å². The predicted molar refractivity (Wildman–Crippen MR) is 136 cm³/mol. The number of nitrogens with zero attached hydrogens (tertiary/aromatic N) is 1. The van der Waals surface area contributed by atoms with E-state index in [0.29, 0.717) is 0 Å². The van der Waals surface area contributed by atoms with E-state index in [9.17, 15) is 4.79 Å². The maximum Gasteiger partial charge on any atom is 0.255 e. The zero-order chi connectivity index (χ0) is 23.3. The lowest BCUT2D eigenvalue weighted by molar-refractivity contribution is 0.0547. The zero-order valence-electron chi connectivity index (χ0n) is 19.9. The highest BCUT2D eigenvalue weighted by Gasteiger charge is 2.58. The summed E-state index contributed by atoms with van der Waals surface area (Å²) in [5, 5.41) is 6.83. The van der Waals surface area contributed by atoms with Gasteiger partial charge in [0.1, 0.15) is 17.0 Å². The van der Waals surface area contributed by atoms with Crippen LogP contribution in [0.5, 0.6) is 11.5 Å². The van der Waals surface area contributed by atoms with Crippen molar-refractivity contribution in [2.24, 2.45) is 0 Å². The summed E-state index contributed by atoms with van der Waals surface area (Å²) in [7, 11) is 0. The molecule has 1 spiro atoms. The quantitative estimate of drug-likeness (QED) is 0.473. The van der Waals surface area contributed by atoms with Gasteiger partial charge in [0.05, 0.1) is 0 Å². The number of ether oxygens (including phenoxy) is 1. The smallest absolute Gasteiger partial charge is 0.255 e. The van der Waals surface area contributed by atoms with Crippen LogP contribution in [0.3, 0.4) is 0 Å². The third kappa shape index (κ3) is 2.89. The van der Waals surface area contributed by atoms with Crippen LogP contribution in [0.1, 0.15) is 66.6 Å². The molecule has 5 heteroatoms. The second-order valence-corrected chi connectivity index (χ2v) is 9.45. The molecule has 1 fully saturated rings. The molecule has 2 aliphatic heterocycles. The highest BCUT2D eigenvalue weighted by molar-refractivity contribution is 6.02. The average Bonchev–Trinajstić information content (AvgIpc) is 3.45. The molecule has 0 bridgehead atoms. The van der Waals surface area contributed by atoms with Gasteiger partial charge in [0, 0.05) is 59.3 Å². The summed E-state index contributed by atoms with van der Waals surface area (Å²) in [6.45, 7) is 5.85. The Labute approximate surface area is 201 Å². The molecular weight excluding hydrogens is 422 g/mol. The summed E-state index contributed by atoms with van der Waals surface area (Å²) in [6.07, 6.45) is 4.40. The lowest BCUT2D eigenvalue weighted by Crippen LogP contribution is -2.51. The van der Waals surface area contributed by atoms with Crippen LogP contribution in [-0.4, -0.2) is 29.9 Å². The number of amides is 1. The molecule has 1 amide bonds. The Kier molecular flexibility index (Phi) is 5.01. The van der Waals surface area contributed by atoms with Crippen molar-refractivity contribution >= 4 is 17.3 Å². The average molecular weight is 454 g/mol. The molecular formula is C29H31N3O2. The van der Waals surface area contributed by atoms with E-state index >= 15 is 0 Å². The molecule has 1 saturated carbocycles. The number of anilines is 2. The van der Waals surface area contributed by atoms with Gasteiger partial charge in [-0.3, -0.25) is 4.79 Å². The van der Waals surface area contributed by atoms with E-state index in [1.165, 1.54) is 0 Å². The van der Waals surface area contributed by atoms with Crippen LogP contribution in [0.4, 0.5) is 11.4 Å². The summed E-state index contributed by atoms with van der Waals surface area (Å²) in [4.78, 5) is 16.3. The summed E-state index contributed by atoms with van der Waals surface area (Å²) >= 11 is 0. The first-order chi connectivity index (χ1) is 16.7. The van der Waals surface area contributed by atoms with E-state index in [0.717, 1.165) is 83.9 Å². The van der Waals surface area contributed by atoms with Crippen LogP contribution in [-0.2, 0) is 5.54 Å².